The van der Waals surface area contributed by atoms with Gasteiger partial charge in [0.2, 0.25) is 0 Å². The Morgan fingerprint density at radius 1 is 1.48 bits per heavy atom. The Bertz CT molecular complexity index is 487. The highest BCUT2D eigenvalue weighted by Gasteiger charge is 2.20. The van der Waals surface area contributed by atoms with Crippen molar-refractivity contribution >= 4 is 5.69 Å². The summed E-state index contributed by atoms with van der Waals surface area (Å²) in [6.07, 6.45) is 2.13. The van der Waals surface area contributed by atoms with Crippen molar-refractivity contribution in [3.63, 3.8) is 0 Å². The molecule has 1 fully saturated rings. The van der Waals surface area contributed by atoms with Gasteiger partial charge in [-0.1, -0.05) is 6.07 Å². The number of nitro benzene ring substituents is 1. The molecule has 1 atom stereocenters. The summed E-state index contributed by atoms with van der Waals surface area (Å²) in [6, 6.07) is 5.45. The summed E-state index contributed by atoms with van der Waals surface area (Å²) in [5.41, 5.74) is 0.900. The van der Waals surface area contributed by atoms with Crippen LogP contribution in [-0.2, 0) is 11.3 Å². The molecule has 116 valence electrons. The van der Waals surface area contributed by atoms with Crippen LogP contribution in [0.3, 0.4) is 0 Å². The summed E-state index contributed by atoms with van der Waals surface area (Å²) >= 11 is 0. The minimum absolute atomic E-state index is 0.00974. The molecule has 1 aliphatic heterocycles. The predicted molar refractivity (Wildman–Crippen MR) is 79.5 cm³/mol. The maximum atomic E-state index is 11.0. The van der Waals surface area contributed by atoms with Crippen molar-refractivity contribution in [2.24, 2.45) is 5.92 Å². The summed E-state index contributed by atoms with van der Waals surface area (Å²) in [5, 5.41) is 14.5. The fraction of sp³-hybridized carbons (Fsp3) is 0.600. The van der Waals surface area contributed by atoms with Crippen LogP contribution in [0.25, 0.3) is 0 Å². The minimum Gasteiger partial charge on any atom is -0.490 e. The molecule has 1 N–H and O–H groups in total. The van der Waals surface area contributed by atoms with Crippen molar-refractivity contribution in [3.8, 4) is 5.75 Å². The van der Waals surface area contributed by atoms with Crippen LogP contribution < -0.4 is 10.1 Å². The molecule has 0 bridgehead atoms. The average Bonchev–Trinajstić information content (AvgIpc) is 2.53. The number of nitrogens with one attached hydrogen (secondary N) is 1. The average molecular weight is 294 g/mol. The van der Waals surface area contributed by atoms with E-state index in [1.807, 2.05) is 6.07 Å². The fourth-order valence-electron chi connectivity index (χ4n) is 2.65. The quantitative estimate of drug-likeness (QED) is 0.644. The van der Waals surface area contributed by atoms with Crippen LogP contribution in [0.2, 0.25) is 0 Å². The third-order valence-electron chi connectivity index (χ3n) is 4.04. The van der Waals surface area contributed by atoms with Crippen LogP contribution in [-0.4, -0.2) is 31.3 Å². The highest BCUT2D eigenvalue weighted by Crippen LogP contribution is 2.27. The molecule has 0 spiro atoms. The van der Waals surface area contributed by atoms with E-state index < -0.39 is 4.92 Å². The number of rotatable bonds is 6. The van der Waals surface area contributed by atoms with Crippen LogP contribution >= 0.6 is 0 Å². The van der Waals surface area contributed by atoms with Crippen LogP contribution in [0.5, 0.6) is 5.75 Å². The third kappa shape index (κ3) is 4.15. The van der Waals surface area contributed by atoms with Crippen LogP contribution in [0.15, 0.2) is 18.2 Å². The molecule has 0 aliphatic carbocycles. The van der Waals surface area contributed by atoms with Gasteiger partial charge in [0.15, 0.2) is 5.75 Å². The summed E-state index contributed by atoms with van der Waals surface area (Å²) < 4.78 is 10.4. The maximum absolute atomic E-state index is 11.0. The Kier molecular flexibility index (Phi) is 5.52. The number of ether oxygens (including phenoxy) is 2. The SMILES string of the molecule is COc1ccc(CNC(C)C2CCOCC2)cc1[N+](=O)[O-]. The maximum Gasteiger partial charge on any atom is 0.311 e. The predicted octanol–water partition coefficient (Wildman–Crippen LogP) is 2.51. The molecule has 1 aliphatic rings. The minimum atomic E-state index is -0.412. The van der Waals surface area contributed by atoms with Gasteiger partial charge in [-0.05, 0) is 37.3 Å². The van der Waals surface area contributed by atoms with E-state index in [4.69, 9.17) is 9.47 Å². The second-order valence-electron chi connectivity index (χ2n) is 5.38. The summed E-state index contributed by atoms with van der Waals surface area (Å²) in [4.78, 5) is 10.6. The number of methoxy groups -OCH3 is 1. The molecule has 1 saturated heterocycles. The van der Waals surface area contributed by atoms with Gasteiger partial charge in [0.1, 0.15) is 0 Å². The van der Waals surface area contributed by atoms with Gasteiger partial charge in [0, 0.05) is 31.9 Å². The van der Waals surface area contributed by atoms with Gasteiger partial charge in [-0.3, -0.25) is 10.1 Å². The lowest BCUT2D eigenvalue weighted by atomic mass is 9.93. The van der Waals surface area contributed by atoms with Crippen molar-refractivity contribution in [1.82, 2.24) is 5.32 Å². The standard InChI is InChI=1S/C15H22N2O4/c1-11(13-5-7-21-8-6-13)16-10-12-3-4-15(20-2)14(9-12)17(18)19/h3-4,9,11,13,16H,5-8,10H2,1-2H3. The second-order valence-corrected chi connectivity index (χ2v) is 5.38. The van der Waals surface area contributed by atoms with E-state index in [9.17, 15) is 10.1 Å². The van der Waals surface area contributed by atoms with E-state index in [2.05, 4.69) is 12.2 Å². The Morgan fingerprint density at radius 3 is 2.81 bits per heavy atom. The van der Waals surface area contributed by atoms with Crippen molar-refractivity contribution < 1.29 is 14.4 Å². The molecule has 1 aromatic carbocycles. The summed E-state index contributed by atoms with van der Waals surface area (Å²) in [5.74, 6) is 0.896. The van der Waals surface area contributed by atoms with Gasteiger partial charge in [0.05, 0.1) is 12.0 Å². The monoisotopic (exact) mass is 294 g/mol. The Hall–Kier alpha value is -1.66. The molecule has 0 amide bonds. The number of benzene rings is 1. The Labute approximate surface area is 124 Å². The van der Waals surface area contributed by atoms with Gasteiger partial charge in [-0.2, -0.15) is 0 Å². The van der Waals surface area contributed by atoms with E-state index in [1.54, 1.807) is 12.1 Å². The van der Waals surface area contributed by atoms with E-state index in [0.717, 1.165) is 31.6 Å². The van der Waals surface area contributed by atoms with Gasteiger partial charge in [-0.25, -0.2) is 0 Å². The number of nitro groups is 1. The van der Waals surface area contributed by atoms with E-state index in [1.165, 1.54) is 7.11 Å². The van der Waals surface area contributed by atoms with Gasteiger partial charge >= 0.3 is 5.69 Å². The third-order valence-corrected chi connectivity index (χ3v) is 4.04. The molecule has 2 rings (SSSR count). The fourth-order valence-corrected chi connectivity index (χ4v) is 2.65. The normalized spacial score (nSPS) is 17.4. The van der Waals surface area contributed by atoms with E-state index in [0.29, 0.717) is 24.3 Å². The Balaban J connectivity index is 1.96. The van der Waals surface area contributed by atoms with Crippen molar-refractivity contribution in [1.29, 1.82) is 0 Å². The number of hydrogen-bond donors (Lipinski definition) is 1. The zero-order valence-corrected chi connectivity index (χ0v) is 12.5. The first-order valence-electron chi connectivity index (χ1n) is 7.24. The topological polar surface area (TPSA) is 73.6 Å². The smallest absolute Gasteiger partial charge is 0.311 e. The molecule has 21 heavy (non-hydrogen) atoms. The number of hydrogen-bond acceptors (Lipinski definition) is 5. The van der Waals surface area contributed by atoms with Crippen LogP contribution in [0.1, 0.15) is 25.3 Å². The molecule has 0 aromatic heterocycles. The van der Waals surface area contributed by atoms with Crippen molar-refractivity contribution in [2.45, 2.75) is 32.4 Å². The summed E-state index contributed by atoms with van der Waals surface area (Å²) in [7, 11) is 1.44. The highest BCUT2D eigenvalue weighted by molar-refractivity contribution is 5.48. The molecule has 6 heteroatoms. The molecule has 0 saturated carbocycles. The number of nitrogens with zero attached hydrogens (tertiary/aromatic N) is 1. The van der Waals surface area contributed by atoms with Gasteiger partial charge in [-0.15, -0.1) is 0 Å². The molecule has 0 radical (unpaired) electrons. The largest absolute Gasteiger partial charge is 0.490 e. The first-order valence-corrected chi connectivity index (χ1v) is 7.24. The molecular weight excluding hydrogens is 272 g/mol. The molecule has 1 heterocycles. The van der Waals surface area contributed by atoms with Crippen molar-refractivity contribution in [2.75, 3.05) is 20.3 Å². The van der Waals surface area contributed by atoms with Gasteiger partial charge < -0.3 is 14.8 Å². The zero-order valence-electron chi connectivity index (χ0n) is 12.5. The Morgan fingerprint density at radius 2 is 2.19 bits per heavy atom. The lowest BCUT2D eigenvalue weighted by molar-refractivity contribution is -0.385. The molecule has 1 unspecified atom stereocenters. The van der Waals surface area contributed by atoms with Gasteiger partial charge in [0.25, 0.3) is 0 Å². The van der Waals surface area contributed by atoms with E-state index in [-0.39, 0.29) is 5.69 Å². The second kappa shape index (κ2) is 7.38. The highest BCUT2D eigenvalue weighted by atomic mass is 16.6. The van der Waals surface area contributed by atoms with Crippen LogP contribution in [0, 0.1) is 16.0 Å². The summed E-state index contributed by atoms with van der Waals surface area (Å²) in [6.45, 7) is 4.42. The lowest BCUT2D eigenvalue weighted by Crippen LogP contribution is -2.36. The lowest BCUT2D eigenvalue weighted by Gasteiger charge is -2.28. The first kappa shape index (κ1) is 15.7. The molecule has 1 aromatic rings. The zero-order chi connectivity index (χ0) is 15.2. The molecule has 6 nitrogen and oxygen atoms in total. The first-order chi connectivity index (χ1) is 10.1. The van der Waals surface area contributed by atoms with E-state index >= 15 is 0 Å². The van der Waals surface area contributed by atoms with Crippen molar-refractivity contribution in [3.05, 3.63) is 33.9 Å². The van der Waals surface area contributed by atoms with Crippen LogP contribution in [0.4, 0.5) is 5.69 Å². The molecular formula is C15H22N2O4.